The van der Waals surface area contributed by atoms with E-state index in [2.05, 4.69) is 26.1 Å². The molecule has 1 fully saturated rings. The number of unbranched alkanes of at least 4 members (excludes halogenated alkanes) is 17. The van der Waals surface area contributed by atoms with Crippen LogP contribution in [0.15, 0.2) is 0 Å². The molecule has 46 heavy (non-hydrogen) atoms. The first-order valence-corrected chi connectivity index (χ1v) is 20.3. The average molecular weight is 652 g/mol. The van der Waals surface area contributed by atoms with Crippen molar-refractivity contribution in [1.82, 2.24) is 5.32 Å². The minimum Gasteiger partial charge on any atom is -0.466 e. The fraction of sp³-hybridized carbons (Fsp3) is 0.950. The van der Waals surface area contributed by atoms with E-state index in [9.17, 15) is 14.7 Å². The third-order valence-electron chi connectivity index (χ3n) is 10.0. The van der Waals surface area contributed by atoms with Gasteiger partial charge in [0.25, 0.3) is 0 Å². The molecular formula is C40H77NO5. The molecule has 3 atom stereocenters. The van der Waals surface area contributed by atoms with Gasteiger partial charge in [0.05, 0.1) is 19.3 Å². The Morgan fingerprint density at radius 3 is 1.72 bits per heavy atom. The molecule has 0 aromatic rings. The number of esters is 2. The molecule has 272 valence electrons. The van der Waals surface area contributed by atoms with Gasteiger partial charge in [-0.25, -0.2) is 0 Å². The number of carbonyl (C=O) groups is 2. The van der Waals surface area contributed by atoms with E-state index in [4.69, 9.17) is 9.47 Å². The van der Waals surface area contributed by atoms with Crippen LogP contribution in [0.2, 0.25) is 0 Å². The molecule has 0 saturated heterocycles. The number of carbonyl (C=O) groups excluding carboxylic acids is 2. The van der Waals surface area contributed by atoms with E-state index in [0.29, 0.717) is 25.6 Å². The van der Waals surface area contributed by atoms with Gasteiger partial charge in [0.15, 0.2) is 0 Å². The van der Waals surface area contributed by atoms with Gasteiger partial charge in [-0.05, 0) is 50.9 Å². The Kier molecular flexibility index (Phi) is 29.0. The van der Waals surface area contributed by atoms with Crippen LogP contribution >= 0.6 is 0 Å². The maximum atomic E-state index is 13.2. The van der Waals surface area contributed by atoms with E-state index in [1.54, 1.807) is 0 Å². The summed E-state index contributed by atoms with van der Waals surface area (Å²) in [5, 5.41) is 13.9. The van der Waals surface area contributed by atoms with Gasteiger partial charge in [0, 0.05) is 12.5 Å². The lowest BCUT2D eigenvalue weighted by molar-refractivity contribution is -0.147. The summed E-state index contributed by atoms with van der Waals surface area (Å²) < 4.78 is 11.3. The Morgan fingerprint density at radius 2 is 1.13 bits per heavy atom. The van der Waals surface area contributed by atoms with Gasteiger partial charge in [-0.2, -0.15) is 0 Å². The summed E-state index contributed by atoms with van der Waals surface area (Å²) in [5.74, 6) is 0.440. The molecule has 3 unspecified atom stereocenters. The molecule has 0 radical (unpaired) electrons. The summed E-state index contributed by atoms with van der Waals surface area (Å²) >= 11 is 0. The van der Waals surface area contributed by atoms with Gasteiger partial charge < -0.3 is 14.6 Å². The van der Waals surface area contributed by atoms with Crippen molar-refractivity contribution in [3.8, 4) is 0 Å². The molecule has 0 bridgehead atoms. The van der Waals surface area contributed by atoms with Gasteiger partial charge in [0.2, 0.25) is 0 Å². The monoisotopic (exact) mass is 652 g/mol. The van der Waals surface area contributed by atoms with E-state index < -0.39 is 0 Å². The van der Waals surface area contributed by atoms with E-state index in [-0.39, 0.29) is 30.1 Å². The zero-order valence-corrected chi connectivity index (χ0v) is 30.8. The maximum absolute atomic E-state index is 13.2. The van der Waals surface area contributed by atoms with Crippen molar-refractivity contribution in [2.24, 2.45) is 5.92 Å². The van der Waals surface area contributed by atoms with Crippen molar-refractivity contribution in [3.05, 3.63) is 0 Å². The smallest absolute Gasteiger partial charge is 0.323 e. The molecule has 0 spiro atoms. The third kappa shape index (κ3) is 24.1. The first-order valence-electron chi connectivity index (χ1n) is 20.3. The van der Waals surface area contributed by atoms with Crippen molar-refractivity contribution in [2.75, 3.05) is 13.2 Å². The second-order valence-corrected chi connectivity index (χ2v) is 14.3. The van der Waals surface area contributed by atoms with Crippen molar-refractivity contribution in [1.29, 1.82) is 0 Å². The fourth-order valence-corrected chi connectivity index (χ4v) is 6.88. The summed E-state index contributed by atoms with van der Waals surface area (Å²) in [6.45, 7) is 7.83. The lowest BCUT2D eigenvalue weighted by Gasteiger charge is -2.24. The molecule has 1 aliphatic rings. The van der Waals surface area contributed by atoms with Crippen LogP contribution in [0.3, 0.4) is 0 Å². The fourth-order valence-electron chi connectivity index (χ4n) is 6.88. The molecule has 1 aliphatic carbocycles. The topological polar surface area (TPSA) is 84.9 Å². The predicted octanol–water partition coefficient (Wildman–Crippen LogP) is 10.8. The Bertz CT molecular complexity index is 689. The van der Waals surface area contributed by atoms with Crippen LogP contribution in [0.4, 0.5) is 0 Å². The van der Waals surface area contributed by atoms with Crippen LogP contribution < -0.4 is 5.32 Å². The SMILES string of the molecule is CCCCCCCCCCOC(=O)CCCCCCCC(NC1CCCC1O)C(=O)OCCC(CCCCCC)CCCCCC. The van der Waals surface area contributed by atoms with Crippen molar-refractivity contribution >= 4 is 11.9 Å². The highest BCUT2D eigenvalue weighted by molar-refractivity contribution is 5.75. The average Bonchev–Trinajstić information content (AvgIpc) is 3.46. The van der Waals surface area contributed by atoms with Gasteiger partial charge in [-0.1, -0.05) is 156 Å². The van der Waals surface area contributed by atoms with Gasteiger partial charge in [0.1, 0.15) is 6.04 Å². The standard InChI is InChI=1S/C40H77NO5/c1-4-7-10-13-14-15-19-24-33-45-39(43)31-23-18-16-17-22-28-37(41-36-29-25-30-38(36)42)40(44)46-34-32-35(26-20-11-8-5-2)27-21-12-9-6-3/h35-38,41-42H,4-34H2,1-3H3. The van der Waals surface area contributed by atoms with Crippen LogP contribution in [0.1, 0.15) is 207 Å². The van der Waals surface area contributed by atoms with Crippen LogP contribution in [0.25, 0.3) is 0 Å². The molecule has 1 saturated carbocycles. The molecule has 0 heterocycles. The molecular weight excluding hydrogens is 574 g/mol. The summed E-state index contributed by atoms with van der Waals surface area (Å²) in [4.78, 5) is 25.3. The minimum absolute atomic E-state index is 0.0146. The number of hydrogen-bond donors (Lipinski definition) is 2. The largest absolute Gasteiger partial charge is 0.466 e. The molecule has 6 heteroatoms. The van der Waals surface area contributed by atoms with Gasteiger partial charge in [-0.3, -0.25) is 14.9 Å². The first kappa shape index (κ1) is 42.9. The molecule has 0 aromatic carbocycles. The lowest BCUT2D eigenvalue weighted by atomic mass is 9.92. The molecule has 0 amide bonds. The summed E-state index contributed by atoms with van der Waals surface area (Å²) in [6.07, 6.45) is 32.2. The van der Waals surface area contributed by atoms with Crippen molar-refractivity contribution in [2.45, 2.75) is 225 Å². The summed E-state index contributed by atoms with van der Waals surface area (Å²) in [6, 6.07) is -0.365. The highest BCUT2D eigenvalue weighted by Crippen LogP contribution is 2.23. The van der Waals surface area contributed by atoms with Crippen LogP contribution in [-0.4, -0.2) is 48.4 Å². The Hall–Kier alpha value is -1.14. The number of hydrogen-bond acceptors (Lipinski definition) is 6. The first-order chi connectivity index (χ1) is 22.5. The second kappa shape index (κ2) is 31.1. The zero-order valence-electron chi connectivity index (χ0n) is 30.8. The number of aliphatic hydroxyl groups excluding tert-OH is 1. The van der Waals surface area contributed by atoms with Crippen LogP contribution in [-0.2, 0) is 19.1 Å². The molecule has 6 nitrogen and oxygen atoms in total. The Balaban J connectivity index is 2.30. The summed E-state index contributed by atoms with van der Waals surface area (Å²) in [5.41, 5.74) is 0. The van der Waals surface area contributed by atoms with E-state index in [1.165, 1.54) is 103 Å². The lowest BCUT2D eigenvalue weighted by Crippen LogP contribution is -2.47. The molecule has 0 aromatic heterocycles. The van der Waals surface area contributed by atoms with Crippen molar-refractivity contribution < 1.29 is 24.2 Å². The van der Waals surface area contributed by atoms with Gasteiger partial charge in [-0.15, -0.1) is 0 Å². The predicted molar refractivity (Wildman–Crippen MR) is 193 cm³/mol. The third-order valence-corrected chi connectivity index (χ3v) is 10.0. The highest BCUT2D eigenvalue weighted by Gasteiger charge is 2.30. The molecule has 1 rings (SSSR count). The Labute approximate surface area is 285 Å². The maximum Gasteiger partial charge on any atom is 0.323 e. The van der Waals surface area contributed by atoms with Crippen LogP contribution in [0.5, 0.6) is 0 Å². The minimum atomic E-state index is -0.374. The quantitative estimate of drug-likeness (QED) is 0.0542. The number of nitrogens with one attached hydrogen (secondary N) is 1. The van der Waals surface area contributed by atoms with E-state index in [0.717, 1.165) is 77.0 Å². The van der Waals surface area contributed by atoms with Crippen LogP contribution in [0, 0.1) is 5.92 Å². The van der Waals surface area contributed by atoms with Gasteiger partial charge >= 0.3 is 11.9 Å². The number of ether oxygens (including phenoxy) is 2. The van der Waals surface area contributed by atoms with Crippen molar-refractivity contribution in [3.63, 3.8) is 0 Å². The highest BCUT2D eigenvalue weighted by atomic mass is 16.5. The van der Waals surface area contributed by atoms with E-state index in [1.807, 2.05) is 0 Å². The Morgan fingerprint density at radius 1 is 0.609 bits per heavy atom. The molecule has 0 aliphatic heterocycles. The number of aliphatic hydroxyl groups is 1. The molecule has 2 N–H and O–H groups in total. The number of rotatable bonds is 33. The van der Waals surface area contributed by atoms with E-state index >= 15 is 0 Å². The zero-order chi connectivity index (χ0) is 33.5. The second-order valence-electron chi connectivity index (χ2n) is 14.3. The normalized spacial score (nSPS) is 17.1. The summed E-state index contributed by atoms with van der Waals surface area (Å²) in [7, 11) is 0.